The summed E-state index contributed by atoms with van der Waals surface area (Å²) in [6, 6.07) is 15.8. The number of ketones is 2. The Kier molecular flexibility index (Phi) is 16.5. The van der Waals surface area contributed by atoms with Crippen LogP contribution < -0.4 is 4.74 Å². The summed E-state index contributed by atoms with van der Waals surface area (Å²) in [5.41, 5.74) is 2.59. The zero-order chi connectivity index (χ0) is 28.3. The lowest BCUT2D eigenvalue weighted by Crippen LogP contribution is -2.18. The first-order chi connectivity index (χ1) is 19.1. The monoisotopic (exact) mass is 534 g/mol. The van der Waals surface area contributed by atoms with Crippen molar-refractivity contribution in [2.75, 3.05) is 6.61 Å². The summed E-state index contributed by atoms with van der Waals surface area (Å²) in [7, 11) is 0. The van der Waals surface area contributed by atoms with Gasteiger partial charge in [0.1, 0.15) is 5.75 Å². The van der Waals surface area contributed by atoms with Gasteiger partial charge in [-0.1, -0.05) is 128 Å². The highest BCUT2D eigenvalue weighted by Gasteiger charge is 2.23. The van der Waals surface area contributed by atoms with Gasteiger partial charge in [0.05, 0.1) is 12.2 Å². The minimum absolute atomic E-state index is 0.0624. The second-order valence-electron chi connectivity index (χ2n) is 11.2. The van der Waals surface area contributed by atoms with Crippen molar-refractivity contribution in [1.82, 2.24) is 0 Å². The van der Waals surface area contributed by atoms with Crippen LogP contribution in [0.1, 0.15) is 144 Å². The van der Waals surface area contributed by atoms with E-state index < -0.39 is 0 Å². The molecule has 0 fully saturated rings. The van der Waals surface area contributed by atoms with E-state index in [2.05, 4.69) is 33.8 Å². The highest BCUT2D eigenvalue weighted by molar-refractivity contribution is 6.00. The highest BCUT2D eigenvalue weighted by atomic mass is 16.5. The first kappa shape index (κ1) is 32.8. The molecule has 2 unspecified atom stereocenters. The lowest BCUT2D eigenvalue weighted by molar-refractivity contribution is 0.0893. The Hall–Kier alpha value is -2.42. The van der Waals surface area contributed by atoms with E-state index in [1.807, 2.05) is 42.5 Å². The smallest absolute Gasteiger partial charge is 0.169 e. The Morgan fingerprint density at radius 3 is 1.62 bits per heavy atom. The molecule has 0 aromatic heterocycles. The largest absolute Gasteiger partial charge is 0.492 e. The average Bonchev–Trinajstić information content (AvgIpc) is 2.96. The van der Waals surface area contributed by atoms with Crippen molar-refractivity contribution in [1.29, 1.82) is 0 Å². The van der Waals surface area contributed by atoms with Crippen molar-refractivity contribution in [3.63, 3.8) is 0 Å². The lowest BCUT2D eigenvalue weighted by Gasteiger charge is -2.19. The molecule has 2 aromatic rings. The lowest BCUT2D eigenvalue weighted by atomic mass is 9.86. The quantitative estimate of drug-likeness (QED) is 0.111. The Morgan fingerprint density at radius 1 is 0.590 bits per heavy atom. The molecule has 0 N–H and O–H groups in total. The van der Waals surface area contributed by atoms with Crippen molar-refractivity contribution >= 4 is 11.6 Å². The number of para-hydroxylation sites is 1. The topological polar surface area (TPSA) is 43.4 Å². The summed E-state index contributed by atoms with van der Waals surface area (Å²) in [5, 5.41) is 0. The Bertz CT molecular complexity index is 886. The standard InChI is InChI=1S/C36H54O3/c1-5-9-13-22-30(19-11-7-3)35(37)32-24-16-15-21-29(32)27-28-39-34-26-18-17-25-33(34)36(38)31(20-12-8-4)23-14-10-6-2/h15-18,21,24-26,30-31H,5-14,19-20,22-23,27-28H2,1-4H3. The average molecular weight is 535 g/mol. The minimum atomic E-state index is 0.0624. The molecule has 2 rings (SSSR count). The van der Waals surface area contributed by atoms with E-state index >= 15 is 0 Å². The van der Waals surface area contributed by atoms with Crippen LogP contribution in [-0.4, -0.2) is 18.2 Å². The van der Waals surface area contributed by atoms with Gasteiger partial charge in [-0.05, 0) is 43.4 Å². The van der Waals surface area contributed by atoms with Crippen LogP contribution in [0.2, 0.25) is 0 Å². The fourth-order valence-electron chi connectivity index (χ4n) is 5.48. The number of hydrogen-bond donors (Lipinski definition) is 0. The molecule has 0 saturated heterocycles. The number of hydrogen-bond acceptors (Lipinski definition) is 3. The molecule has 2 aromatic carbocycles. The molecule has 0 aliphatic carbocycles. The Balaban J connectivity index is 2.12. The van der Waals surface area contributed by atoms with Gasteiger partial charge < -0.3 is 4.74 Å². The van der Waals surface area contributed by atoms with Crippen molar-refractivity contribution in [2.45, 2.75) is 124 Å². The third-order valence-electron chi connectivity index (χ3n) is 7.93. The predicted octanol–water partition coefficient (Wildman–Crippen LogP) is 10.4. The van der Waals surface area contributed by atoms with E-state index in [1.165, 1.54) is 19.3 Å². The SMILES string of the molecule is CCCCCC(CCCC)C(=O)c1ccccc1CCOc1ccccc1C(=O)C(CCCC)CCCCC. The summed E-state index contributed by atoms with van der Waals surface area (Å²) >= 11 is 0. The van der Waals surface area contributed by atoms with Gasteiger partial charge in [-0.15, -0.1) is 0 Å². The van der Waals surface area contributed by atoms with Crippen LogP contribution in [-0.2, 0) is 6.42 Å². The second kappa shape index (κ2) is 19.6. The van der Waals surface area contributed by atoms with Gasteiger partial charge in [0.2, 0.25) is 0 Å². The van der Waals surface area contributed by atoms with Gasteiger partial charge in [-0.25, -0.2) is 0 Å². The number of carbonyl (C=O) groups excluding carboxylic acids is 2. The van der Waals surface area contributed by atoms with Crippen molar-refractivity contribution in [3.8, 4) is 5.75 Å². The van der Waals surface area contributed by atoms with E-state index in [-0.39, 0.29) is 23.4 Å². The summed E-state index contributed by atoms with van der Waals surface area (Å²) in [4.78, 5) is 27.2. The second-order valence-corrected chi connectivity index (χ2v) is 11.2. The summed E-state index contributed by atoms with van der Waals surface area (Å²) in [5.74, 6) is 1.34. The molecular formula is C36H54O3. The molecule has 3 nitrogen and oxygen atoms in total. The van der Waals surface area contributed by atoms with E-state index in [0.29, 0.717) is 24.3 Å². The molecule has 216 valence electrons. The molecule has 0 amide bonds. The van der Waals surface area contributed by atoms with E-state index in [0.717, 1.165) is 81.8 Å². The van der Waals surface area contributed by atoms with Crippen molar-refractivity contribution in [2.24, 2.45) is 11.8 Å². The molecule has 0 aliphatic heterocycles. The normalized spacial score (nSPS) is 12.7. The molecule has 0 spiro atoms. The molecule has 0 bridgehead atoms. The number of benzene rings is 2. The van der Waals surface area contributed by atoms with Crippen LogP contribution >= 0.6 is 0 Å². The van der Waals surface area contributed by atoms with E-state index in [9.17, 15) is 9.59 Å². The third-order valence-corrected chi connectivity index (χ3v) is 7.93. The maximum atomic E-state index is 13.6. The fourth-order valence-corrected chi connectivity index (χ4v) is 5.48. The number of rotatable bonds is 22. The van der Waals surface area contributed by atoms with Crippen LogP contribution in [0.3, 0.4) is 0 Å². The van der Waals surface area contributed by atoms with Gasteiger partial charge in [0.25, 0.3) is 0 Å². The maximum Gasteiger partial charge on any atom is 0.169 e. The number of ether oxygens (including phenoxy) is 1. The summed E-state index contributed by atoms with van der Waals surface area (Å²) < 4.78 is 6.25. The van der Waals surface area contributed by atoms with Gasteiger partial charge in [-0.3, -0.25) is 9.59 Å². The number of Topliss-reactive ketones (excluding diaryl/α,β-unsaturated/α-hetero) is 2. The first-order valence-corrected chi connectivity index (χ1v) is 15.9. The van der Waals surface area contributed by atoms with Gasteiger partial charge in [0.15, 0.2) is 11.6 Å². The maximum absolute atomic E-state index is 13.6. The zero-order valence-corrected chi connectivity index (χ0v) is 25.3. The molecule has 2 atom stereocenters. The summed E-state index contributed by atoms with van der Waals surface area (Å²) in [6.45, 7) is 9.24. The number of unbranched alkanes of at least 4 members (excludes halogenated alkanes) is 6. The van der Waals surface area contributed by atoms with Gasteiger partial charge in [0, 0.05) is 23.8 Å². The Labute approximate surface area is 239 Å². The third kappa shape index (κ3) is 11.3. The number of carbonyl (C=O) groups is 2. The summed E-state index contributed by atoms with van der Waals surface area (Å²) in [6.07, 6.45) is 15.8. The molecule has 39 heavy (non-hydrogen) atoms. The fraction of sp³-hybridized carbons (Fsp3) is 0.611. The van der Waals surface area contributed by atoms with Crippen LogP contribution in [0.5, 0.6) is 5.75 Å². The predicted molar refractivity (Wildman–Crippen MR) is 165 cm³/mol. The van der Waals surface area contributed by atoms with Crippen LogP contribution in [0, 0.1) is 11.8 Å². The molecular weight excluding hydrogens is 480 g/mol. The molecule has 0 heterocycles. The van der Waals surface area contributed by atoms with Crippen LogP contribution in [0.4, 0.5) is 0 Å². The molecule has 0 aliphatic rings. The molecule has 3 heteroatoms. The van der Waals surface area contributed by atoms with E-state index in [1.54, 1.807) is 0 Å². The molecule has 0 saturated carbocycles. The van der Waals surface area contributed by atoms with Crippen molar-refractivity contribution < 1.29 is 14.3 Å². The zero-order valence-electron chi connectivity index (χ0n) is 25.3. The molecule has 0 radical (unpaired) electrons. The van der Waals surface area contributed by atoms with E-state index in [4.69, 9.17) is 4.74 Å². The van der Waals surface area contributed by atoms with Crippen LogP contribution in [0.25, 0.3) is 0 Å². The Morgan fingerprint density at radius 2 is 1.05 bits per heavy atom. The van der Waals surface area contributed by atoms with Gasteiger partial charge >= 0.3 is 0 Å². The van der Waals surface area contributed by atoms with Crippen molar-refractivity contribution in [3.05, 3.63) is 65.2 Å². The first-order valence-electron chi connectivity index (χ1n) is 15.9. The highest BCUT2D eigenvalue weighted by Crippen LogP contribution is 2.28. The van der Waals surface area contributed by atoms with Crippen LogP contribution in [0.15, 0.2) is 48.5 Å². The minimum Gasteiger partial charge on any atom is -0.492 e. The van der Waals surface area contributed by atoms with Gasteiger partial charge in [-0.2, -0.15) is 0 Å².